The summed E-state index contributed by atoms with van der Waals surface area (Å²) < 4.78 is 10.9. The summed E-state index contributed by atoms with van der Waals surface area (Å²) in [5, 5.41) is 12.2. The molecule has 0 heterocycles. The normalized spacial score (nSPS) is 32.1. The Hall–Kier alpha value is -2.22. The molecule has 0 spiro atoms. The minimum Gasteiger partial charge on any atom is -0.493 e. The fraction of sp³-hybridized carbons (Fsp3) is 0.600. The molecule has 4 aliphatic rings. The van der Waals surface area contributed by atoms with Crippen LogP contribution in [0.1, 0.15) is 44.1 Å². The van der Waals surface area contributed by atoms with Crippen LogP contribution >= 0.6 is 0 Å². The maximum atomic E-state index is 12.5. The minimum atomic E-state index is -0.0617. The molecule has 1 N–H and O–H groups in total. The van der Waals surface area contributed by atoms with Gasteiger partial charge in [0.25, 0.3) is 5.91 Å². The maximum Gasteiger partial charge on any atom is 0.258 e. The van der Waals surface area contributed by atoms with Crippen LogP contribution in [0.4, 0.5) is 0 Å². The molecule has 0 aromatic heterocycles. The van der Waals surface area contributed by atoms with Crippen molar-refractivity contribution in [3.05, 3.63) is 23.8 Å². The van der Waals surface area contributed by atoms with Crippen LogP contribution in [0, 0.1) is 29.1 Å². The number of amides is 1. The topological polar surface area (TPSA) is 71.3 Å². The lowest BCUT2D eigenvalue weighted by atomic mass is 9.53. The van der Waals surface area contributed by atoms with Crippen molar-refractivity contribution >= 4 is 5.91 Å². The molecule has 4 fully saturated rings. The number of hydrogen-bond donors (Lipinski definition) is 1. The third-order valence-electron chi connectivity index (χ3n) is 6.09. The van der Waals surface area contributed by atoms with Crippen molar-refractivity contribution in [1.29, 1.82) is 5.26 Å². The van der Waals surface area contributed by atoms with E-state index in [4.69, 9.17) is 14.7 Å². The van der Waals surface area contributed by atoms with Crippen molar-refractivity contribution in [3.8, 4) is 17.6 Å². The van der Waals surface area contributed by atoms with E-state index < -0.39 is 0 Å². The van der Waals surface area contributed by atoms with Crippen molar-refractivity contribution in [2.45, 2.75) is 44.1 Å². The Bertz CT molecular complexity index is 687. The zero-order valence-corrected chi connectivity index (χ0v) is 14.6. The molecule has 1 amide bonds. The Morgan fingerprint density at radius 1 is 1.20 bits per heavy atom. The first-order chi connectivity index (χ1) is 12.1. The fourth-order valence-electron chi connectivity index (χ4n) is 5.60. The lowest BCUT2D eigenvalue weighted by Crippen LogP contribution is -2.60. The van der Waals surface area contributed by atoms with Gasteiger partial charge in [-0.2, -0.15) is 5.26 Å². The number of benzene rings is 1. The molecule has 0 saturated heterocycles. The van der Waals surface area contributed by atoms with Crippen molar-refractivity contribution in [3.63, 3.8) is 0 Å². The molecule has 0 unspecified atom stereocenters. The van der Waals surface area contributed by atoms with E-state index in [1.54, 1.807) is 18.2 Å². The number of hydrogen-bond acceptors (Lipinski definition) is 4. The van der Waals surface area contributed by atoms with Gasteiger partial charge in [-0.15, -0.1) is 0 Å². The number of rotatable bonds is 5. The monoisotopic (exact) mass is 340 g/mol. The van der Waals surface area contributed by atoms with Crippen molar-refractivity contribution in [1.82, 2.24) is 5.32 Å². The van der Waals surface area contributed by atoms with Gasteiger partial charge in [0.05, 0.1) is 18.7 Å². The number of nitrogens with one attached hydrogen (secondary N) is 1. The highest BCUT2D eigenvalue weighted by atomic mass is 16.5. The molecule has 0 atom stereocenters. The molecule has 25 heavy (non-hydrogen) atoms. The first kappa shape index (κ1) is 16.3. The third-order valence-corrected chi connectivity index (χ3v) is 6.09. The molecule has 0 aliphatic heterocycles. The zero-order chi connectivity index (χ0) is 17.4. The molecule has 5 heteroatoms. The van der Waals surface area contributed by atoms with Gasteiger partial charge in [0, 0.05) is 11.6 Å². The maximum absolute atomic E-state index is 12.5. The van der Waals surface area contributed by atoms with E-state index in [0.717, 1.165) is 37.0 Å². The van der Waals surface area contributed by atoms with E-state index in [0.29, 0.717) is 17.1 Å². The Morgan fingerprint density at radius 2 is 1.84 bits per heavy atom. The SMILES string of the molecule is COc1cc(C#N)ccc1OCC(=O)NC12CC3CC(CC(C3)C1)C2. The van der Waals surface area contributed by atoms with Crippen LogP contribution in [-0.2, 0) is 4.79 Å². The van der Waals surface area contributed by atoms with Gasteiger partial charge in [0.2, 0.25) is 0 Å². The number of carbonyl (C=O) groups is 1. The van der Waals surface area contributed by atoms with E-state index in [-0.39, 0.29) is 18.1 Å². The minimum absolute atomic E-state index is 0.00391. The molecule has 4 aliphatic carbocycles. The van der Waals surface area contributed by atoms with Gasteiger partial charge < -0.3 is 14.8 Å². The summed E-state index contributed by atoms with van der Waals surface area (Å²) in [6, 6.07) is 7.02. The van der Waals surface area contributed by atoms with E-state index in [1.807, 2.05) is 0 Å². The first-order valence-electron chi connectivity index (χ1n) is 9.11. The lowest BCUT2D eigenvalue weighted by Gasteiger charge is -2.56. The second kappa shape index (κ2) is 6.25. The Balaban J connectivity index is 1.38. The van der Waals surface area contributed by atoms with Gasteiger partial charge in [-0.05, 0) is 68.4 Å². The molecule has 5 nitrogen and oxygen atoms in total. The Labute approximate surface area is 148 Å². The predicted octanol–water partition coefficient (Wildman–Crippen LogP) is 3.03. The molecular formula is C20H24N2O3. The van der Waals surface area contributed by atoms with E-state index in [1.165, 1.54) is 26.4 Å². The predicted molar refractivity (Wildman–Crippen MR) is 92.2 cm³/mol. The summed E-state index contributed by atoms with van der Waals surface area (Å²) >= 11 is 0. The van der Waals surface area contributed by atoms with Crippen molar-refractivity contribution in [2.75, 3.05) is 13.7 Å². The highest BCUT2D eigenvalue weighted by molar-refractivity contribution is 5.78. The molecule has 132 valence electrons. The highest BCUT2D eigenvalue weighted by Gasteiger charge is 2.51. The van der Waals surface area contributed by atoms with Crippen LogP contribution in [0.3, 0.4) is 0 Å². The number of carbonyl (C=O) groups excluding carboxylic acids is 1. The summed E-state index contributed by atoms with van der Waals surface area (Å²) in [5.41, 5.74) is 0.506. The molecule has 1 aromatic rings. The van der Waals surface area contributed by atoms with Crippen molar-refractivity contribution < 1.29 is 14.3 Å². The molecular weight excluding hydrogens is 316 g/mol. The van der Waals surface area contributed by atoms with Crippen LogP contribution < -0.4 is 14.8 Å². The van der Waals surface area contributed by atoms with Gasteiger partial charge >= 0.3 is 0 Å². The van der Waals surface area contributed by atoms with E-state index in [2.05, 4.69) is 11.4 Å². The standard InChI is InChI=1S/C20H24N2O3/c1-24-18-7-13(11-21)2-3-17(18)25-12-19(23)22-20-8-14-4-15(9-20)6-16(5-14)10-20/h2-3,7,14-16H,4-6,8-10,12H2,1H3,(H,22,23). The Kier molecular flexibility index (Phi) is 4.07. The summed E-state index contributed by atoms with van der Waals surface area (Å²) in [6.45, 7) is -0.0238. The van der Waals surface area contributed by atoms with Gasteiger partial charge in [0.15, 0.2) is 18.1 Å². The number of nitriles is 1. The largest absolute Gasteiger partial charge is 0.493 e. The second-order valence-electron chi connectivity index (χ2n) is 8.01. The summed E-state index contributed by atoms with van der Waals surface area (Å²) in [6.07, 6.45) is 7.46. The average Bonchev–Trinajstić information content (AvgIpc) is 2.58. The van der Waals surface area contributed by atoms with Crippen LogP contribution in [0.2, 0.25) is 0 Å². The van der Waals surface area contributed by atoms with Gasteiger partial charge in [-0.25, -0.2) is 0 Å². The van der Waals surface area contributed by atoms with Crippen LogP contribution in [-0.4, -0.2) is 25.2 Å². The van der Waals surface area contributed by atoms with Crippen molar-refractivity contribution in [2.24, 2.45) is 17.8 Å². The van der Waals surface area contributed by atoms with Crippen LogP contribution in [0.15, 0.2) is 18.2 Å². The third kappa shape index (κ3) is 3.18. The van der Waals surface area contributed by atoms with Crippen LogP contribution in [0.25, 0.3) is 0 Å². The zero-order valence-electron chi connectivity index (χ0n) is 14.6. The molecule has 0 radical (unpaired) electrons. The van der Waals surface area contributed by atoms with Crippen LogP contribution in [0.5, 0.6) is 11.5 Å². The first-order valence-corrected chi connectivity index (χ1v) is 9.11. The number of methoxy groups -OCH3 is 1. The second-order valence-corrected chi connectivity index (χ2v) is 8.01. The molecule has 5 rings (SSSR count). The smallest absolute Gasteiger partial charge is 0.258 e. The number of ether oxygens (including phenoxy) is 2. The quantitative estimate of drug-likeness (QED) is 0.894. The van der Waals surface area contributed by atoms with Gasteiger partial charge in [-0.1, -0.05) is 0 Å². The van der Waals surface area contributed by atoms with E-state index >= 15 is 0 Å². The van der Waals surface area contributed by atoms with Gasteiger partial charge in [-0.3, -0.25) is 4.79 Å². The molecule has 4 bridgehead atoms. The Morgan fingerprint density at radius 3 is 2.40 bits per heavy atom. The molecule has 4 saturated carbocycles. The number of nitrogens with zero attached hydrogens (tertiary/aromatic N) is 1. The fourth-order valence-corrected chi connectivity index (χ4v) is 5.60. The summed E-state index contributed by atoms with van der Waals surface area (Å²) in [5.74, 6) is 3.29. The summed E-state index contributed by atoms with van der Waals surface area (Å²) in [4.78, 5) is 12.5. The highest BCUT2D eigenvalue weighted by Crippen LogP contribution is 2.55. The summed E-state index contributed by atoms with van der Waals surface area (Å²) in [7, 11) is 1.53. The average molecular weight is 340 g/mol. The molecule has 1 aromatic carbocycles. The van der Waals surface area contributed by atoms with Gasteiger partial charge in [0.1, 0.15) is 0 Å². The lowest BCUT2D eigenvalue weighted by molar-refractivity contribution is -0.128. The van der Waals surface area contributed by atoms with E-state index in [9.17, 15) is 4.79 Å².